The molecule has 19 heavy (non-hydrogen) atoms. The van der Waals surface area contributed by atoms with Crippen molar-refractivity contribution in [3.05, 3.63) is 28.8 Å². The number of likely N-dealkylation sites (N-methyl/N-ethyl adjacent to an activating group) is 1. The monoisotopic (exact) mass is 281 g/mol. The average molecular weight is 282 g/mol. The van der Waals surface area contributed by atoms with Crippen LogP contribution in [-0.2, 0) is 6.54 Å². The minimum atomic E-state index is 0.612. The molecule has 1 aliphatic heterocycles. The van der Waals surface area contributed by atoms with Crippen molar-refractivity contribution in [2.75, 3.05) is 39.1 Å². The molecule has 106 valence electrons. The highest BCUT2D eigenvalue weighted by atomic mass is 35.5. The number of hydrogen-bond donors (Lipinski definition) is 1. The minimum absolute atomic E-state index is 0.612. The Hall–Kier alpha value is -0.770. The molecule has 1 atom stereocenters. The number of anilines is 1. The van der Waals surface area contributed by atoms with E-state index in [1.54, 1.807) is 0 Å². The van der Waals surface area contributed by atoms with Crippen LogP contribution in [0.2, 0.25) is 5.02 Å². The number of rotatable bonds is 5. The van der Waals surface area contributed by atoms with Gasteiger partial charge < -0.3 is 15.1 Å². The SMILES string of the molecule is CNCc1ccc(N2CCCC2CN(C)C)cc1Cl. The predicted molar refractivity (Wildman–Crippen MR) is 83.1 cm³/mol. The van der Waals surface area contributed by atoms with E-state index >= 15 is 0 Å². The van der Waals surface area contributed by atoms with E-state index in [2.05, 4.69) is 47.4 Å². The van der Waals surface area contributed by atoms with Gasteiger partial charge in [0.1, 0.15) is 0 Å². The summed E-state index contributed by atoms with van der Waals surface area (Å²) in [6.45, 7) is 3.07. The maximum atomic E-state index is 6.36. The Bertz CT molecular complexity index is 420. The summed E-state index contributed by atoms with van der Waals surface area (Å²) in [7, 11) is 6.22. The van der Waals surface area contributed by atoms with E-state index in [4.69, 9.17) is 11.6 Å². The van der Waals surface area contributed by atoms with Crippen LogP contribution in [0, 0.1) is 0 Å². The molecule has 0 bridgehead atoms. The molecule has 1 aliphatic rings. The first kappa shape index (κ1) is 14.6. The van der Waals surface area contributed by atoms with Crippen LogP contribution < -0.4 is 10.2 Å². The summed E-state index contributed by atoms with van der Waals surface area (Å²) in [6, 6.07) is 7.06. The molecule has 1 aromatic rings. The van der Waals surface area contributed by atoms with Crippen molar-refractivity contribution in [2.24, 2.45) is 0 Å². The summed E-state index contributed by atoms with van der Waals surface area (Å²) in [5.41, 5.74) is 2.42. The average Bonchev–Trinajstić information content (AvgIpc) is 2.79. The second kappa shape index (κ2) is 6.60. The van der Waals surface area contributed by atoms with Gasteiger partial charge in [-0.25, -0.2) is 0 Å². The first-order valence-electron chi connectivity index (χ1n) is 6.96. The van der Waals surface area contributed by atoms with Gasteiger partial charge in [0.15, 0.2) is 0 Å². The third kappa shape index (κ3) is 3.62. The minimum Gasteiger partial charge on any atom is -0.367 e. The standard InChI is InChI=1S/C15H24ClN3/c1-17-10-12-6-7-13(9-15(12)16)19-8-4-5-14(19)11-18(2)3/h6-7,9,14,17H,4-5,8,10-11H2,1-3H3. The molecule has 3 nitrogen and oxygen atoms in total. The van der Waals surface area contributed by atoms with Crippen molar-refractivity contribution < 1.29 is 0 Å². The Kier molecular flexibility index (Phi) is 5.08. The van der Waals surface area contributed by atoms with Gasteiger partial charge in [0.2, 0.25) is 0 Å². The Morgan fingerprint density at radius 1 is 1.42 bits per heavy atom. The predicted octanol–water partition coefficient (Wildman–Crippen LogP) is 2.59. The molecular formula is C15H24ClN3. The zero-order valence-electron chi connectivity index (χ0n) is 12.1. The lowest BCUT2D eigenvalue weighted by atomic mass is 10.1. The lowest BCUT2D eigenvalue weighted by Crippen LogP contribution is -2.37. The second-order valence-electron chi connectivity index (χ2n) is 5.56. The number of halogens is 1. The number of benzene rings is 1. The van der Waals surface area contributed by atoms with Gasteiger partial charge in [-0.05, 0) is 51.7 Å². The van der Waals surface area contributed by atoms with E-state index in [9.17, 15) is 0 Å². The molecule has 1 aromatic carbocycles. The quantitative estimate of drug-likeness (QED) is 0.895. The molecule has 1 saturated heterocycles. The Labute approximate surface area is 121 Å². The fourth-order valence-electron chi connectivity index (χ4n) is 2.84. The highest BCUT2D eigenvalue weighted by Gasteiger charge is 2.25. The van der Waals surface area contributed by atoms with Crippen LogP contribution in [0.1, 0.15) is 18.4 Å². The van der Waals surface area contributed by atoms with Gasteiger partial charge in [0, 0.05) is 36.4 Å². The molecular weight excluding hydrogens is 258 g/mol. The maximum absolute atomic E-state index is 6.36. The number of hydrogen-bond acceptors (Lipinski definition) is 3. The molecule has 1 heterocycles. The van der Waals surface area contributed by atoms with Gasteiger partial charge in [-0.3, -0.25) is 0 Å². The molecule has 1 unspecified atom stereocenters. The molecule has 4 heteroatoms. The van der Waals surface area contributed by atoms with Gasteiger partial charge in [0.25, 0.3) is 0 Å². The number of nitrogens with zero attached hydrogens (tertiary/aromatic N) is 2. The molecule has 0 aliphatic carbocycles. The van der Waals surface area contributed by atoms with Gasteiger partial charge in [-0.2, -0.15) is 0 Å². The topological polar surface area (TPSA) is 18.5 Å². The summed E-state index contributed by atoms with van der Waals surface area (Å²) in [5.74, 6) is 0. The lowest BCUT2D eigenvalue weighted by molar-refractivity contribution is 0.372. The molecule has 0 radical (unpaired) electrons. The van der Waals surface area contributed by atoms with Crippen LogP contribution in [0.3, 0.4) is 0 Å². The van der Waals surface area contributed by atoms with Crippen LogP contribution in [0.15, 0.2) is 18.2 Å². The van der Waals surface area contributed by atoms with Crippen molar-refractivity contribution in [3.63, 3.8) is 0 Å². The van der Waals surface area contributed by atoms with Crippen LogP contribution in [-0.4, -0.2) is 45.2 Å². The molecule has 1 fully saturated rings. The fraction of sp³-hybridized carbons (Fsp3) is 0.600. The molecule has 0 spiro atoms. The van der Waals surface area contributed by atoms with E-state index in [1.807, 2.05) is 7.05 Å². The molecule has 0 aromatic heterocycles. The normalized spacial score (nSPS) is 19.4. The van der Waals surface area contributed by atoms with Crippen molar-refractivity contribution in [2.45, 2.75) is 25.4 Å². The number of nitrogens with one attached hydrogen (secondary N) is 1. The van der Waals surface area contributed by atoms with E-state index in [0.29, 0.717) is 6.04 Å². The summed E-state index contributed by atoms with van der Waals surface area (Å²) in [4.78, 5) is 4.76. The van der Waals surface area contributed by atoms with Gasteiger partial charge in [-0.15, -0.1) is 0 Å². The Balaban J connectivity index is 2.14. The van der Waals surface area contributed by atoms with Crippen molar-refractivity contribution in [3.8, 4) is 0 Å². The molecule has 0 saturated carbocycles. The third-order valence-corrected chi connectivity index (χ3v) is 4.04. The summed E-state index contributed by atoms with van der Waals surface area (Å²) >= 11 is 6.36. The zero-order valence-corrected chi connectivity index (χ0v) is 12.9. The zero-order chi connectivity index (χ0) is 13.8. The van der Waals surface area contributed by atoms with E-state index in [-0.39, 0.29) is 0 Å². The van der Waals surface area contributed by atoms with Crippen molar-refractivity contribution in [1.29, 1.82) is 0 Å². The Morgan fingerprint density at radius 3 is 2.84 bits per heavy atom. The largest absolute Gasteiger partial charge is 0.367 e. The fourth-order valence-corrected chi connectivity index (χ4v) is 3.08. The first-order chi connectivity index (χ1) is 9.11. The molecule has 1 N–H and O–H groups in total. The Morgan fingerprint density at radius 2 is 2.21 bits per heavy atom. The smallest absolute Gasteiger partial charge is 0.0471 e. The summed E-state index contributed by atoms with van der Waals surface area (Å²) < 4.78 is 0. The molecule has 0 amide bonds. The maximum Gasteiger partial charge on any atom is 0.0471 e. The summed E-state index contributed by atoms with van der Waals surface area (Å²) in [6.07, 6.45) is 2.54. The summed E-state index contributed by atoms with van der Waals surface area (Å²) in [5, 5.41) is 4.01. The van der Waals surface area contributed by atoms with Crippen molar-refractivity contribution in [1.82, 2.24) is 10.2 Å². The third-order valence-electron chi connectivity index (χ3n) is 3.69. The van der Waals surface area contributed by atoms with E-state index < -0.39 is 0 Å². The van der Waals surface area contributed by atoms with Crippen molar-refractivity contribution >= 4 is 17.3 Å². The highest BCUT2D eigenvalue weighted by Crippen LogP contribution is 2.29. The lowest BCUT2D eigenvalue weighted by Gasteiger charge is -2.29. The van der Waals surface area contributed by atoms with Gasteiger partial charge in [0.05, 0.1) is 0 Å². The first-order valence-corrected chi connectivity index (χ1v) is 7.34. The van der Waals surface area contributed by atoms with Gasteiger partial charge in [-0.1, -0.05) is 17.7 Å². The highest BCUT2D eigenvalue weighted by molar-refractivity contribution is 6.31. The van der Waals surface area contributed by atoms with Gasteiger partial charge >= 0.3 is 0 Å². The van der Waals surface area contributed by atoms with Crippen LogP contribution in [0.4, 0.5) is 5.69 Å². The van der Waals surface area contributed by atoms with E-state index in [1.165, 1.54) is 18.5 Å². The van der Waals surface area contributed by atoms with E-state index in [0.717, 1.165) is 30.2 Å². The van der Waals surface area contributed by atoms with Crippen LogP contribution in [0.25, 0.3) is 0 Å². The van der Waals surface area contributed by atoms with Crippen LogP contribution >= 0.6 is 11.6 Å². The second-order valence-corrected chi connectivity index (χ2v) is 5.96. The molecule has 2 rings (SSSR count). The van der Waals surface area contributed by atoms with Crippen LogP contribution in [0.5, 0.6) is 0 Å².